The van der Waals surface area contributed by atoms with Crippen molar-refractivity contribution in [3.63, 3.8) is 0 Å². The van der Waals surface area contributed by atoms with E-state index in [1.807, 2.05) is 0 Å². The third-order valence-corrected chi connectivity index (χ3v) is 4.85. The first kappa shape index (κ1) is 28.3. The van der Waals surface area contributed by atoms with Gasteiger partial charge in [-0.2, -0.15) is 0 Å². The first-order chi connectivity index (χ1) is 11.7. The van der Waals surface area contributed by atoms with Gasteiger partial charge in [-0.1, -0.05) is 103 Å². The summed E-state index contributed by atoms with van der Waals surface area (Å²) >= 11 is 0. The summed E-state index contributed by atoms with van der Waals surface area (Å²) in [4.78, 5) is 10.6. The van der Waals surface area contributed by atoms with Crippen molar-refractivity contribution in [2.45, 2.75) is 123 Å². The third-order valence-electron chi connectivity index (χ3n) is 4.85. The summed E-state index contributed by atoms with van der Waals surface area (Å²) in [5.41, 5.74) is 0. The smallest absolute Gasteiger partial charge is 1.00 e. The molecule has 0 aromatic heterocycles. The van der Waals surface area contributed by atoms with Gasteiger partial charge in [0, 0.05) is 0 Å². The van der Waals surface area contributed by atoms with Gasteiger partial charge in [-0.15, -0.1) is 0 Å². The van der Waals surface area contributed by atoms with E-state index in [-0.39, 0.29) is 52.8 Å². The van der Waals surface area contributed by atoms with Crippen LogP contribution in [-0.2, 0) is 4.79 Å². The summed E-state index contributed by atoms with van der Waals surface area (Å²) in [7, 11) is 0. The Labute approximate surface area is 201 Å². The maximum atomic E-state index is 10.6. The van der Waals surface area contributed by atoms with Crippen LogP contribution in [0.15, 0.2) is 0 Å². The minimum absolute atomic E-state index is 0. The normalized spacial score (nSPS) is 11.9. The topological polar surface area (TPSA) is 49.3 Å². The molecule has 0 heterocycles. The number of carboxylic acids is 1. The second kappa shape index (κ2) is 23.1. The van der Waals surface area contributed by atoms with Crippen molar-refractivity contribution < 1.29 is 62.7 Å². The first-order valence-corrected chi connectivity index (χ1v) is 10.6. The summed E-state index contributed by atoms with van der Waals surface area (Å²) in [5.74, 6) is -0.758. The van der Waals surface area contributed by atoms with Crippen LogP contribution in [0.25, 0.3) is 0 Å². The maximum Gasteiger partial charge on any atom is 1.00 e. The van der Waals surface area contributed by atoms with E-state index in [2.05, 4.69) is 12.2 Å². The van der Waals surface area contributed by atoms with E-state index in [0.29, 0.717) is 0 Å². The van der Waals surface area contributed by atoms with E-state index in [4.69, 9.17) is 5.11 Å². The van der Waals surface area contributed by atoms with Gasteiger partial charge in [-0.25, -0.2) is 0 Å². The maximum absolute atomic E-state index is 10.6. The molecule has 0 spiro atoms. The quantitative estimate of drug-likeness (QED) is 0.266. The van der Waals surface area contributed by atoms with Crippen molar-refractivity contribution in [3.8, 4) is 0 Å². The molecule has 2 N–H and O–H groups in total. The van der Waals surface area contributed by atoms with Crippen molar-refractivity contribution >= 4 is 5.97 Å². The zero-order valence-corrected chi connectivity index (χ0v) is 20.6. The number of rotatable bonds is 19. The molecule has 25 heavy (non-hydrogen) atoms. The molecule has 0 radical (unpaired) electrons. The standard InChI is InChI=1S/C21H43NO2.K.H/c1-3-4-5-6-7-8-9-10-11-12-13-14-15-16-17-18-19-22-20(2)21(23)24;;/h20,22H,3-19H2,1-2H3,(H,23,24);;/q;+1;-1. The molecule has 0 saturated carbocycles. The Morgan fingerprint density at radius 2 is 1.08 bits per heavy atom. The molecule has 0 aromatic carbocycles. The summed E-state index contributed by atoms with van der Waals surface area (Å²) in [5, 5.41) is 11.8. The van der Waals surface area contributed by atoms with Gasteiger partial charge in [0.25, 0.3) is 0 Å². The Hall–Kier alpha value is 1.07. The van der Waals surface area contributed by atoms with Crippen LogP contribution in [0, 0.1) is 0 Å². The number of aliphatic carboxylic acids is 1. The van der Waals surface area contributed by atoms with Crippen molar-refractivity contribution in [2.24, 2.45) is 0 Å². The van der Waals surface area contributed by atoms with E-state index in [9.17, 15) is 4.79 Å². The van der Waals surface area contributed by atoms with E-state index in [0.717, 1.165) is 13.0 Å². The molecule has 4 heteroatoms. The molecule has 0 bridgehead atoms. The molecule has 0 amide bonds. The van der Waals surface area contributed by atoms with Crippen molar-refractivity contribution in [3.05, 3.63) is 0 Å². The second-order valence-corrected chi connectivity index (χ2v) is 7.32. The molecule has 0 rings (SSSR count). The number of carboxylic acid groups (broad SMARTS) is 1. The Morgan fingerprint density at radius 3 is 1.40 bits per heavy atom. The predicted molar refractivity (Wildman–Crippen MR) is 106 cm³/mol. The molecule has 1 unspecified atom stereocenters. The van der Waals surface area contributed by atoms with E-state index in [1.165, 1.54) is 96.3 Å². The number of hydrogen-bond donors (Lipinski definition) is 2. The predicted octanol–water partition coefficient (Wildman–Crippen LogP) is 3.43. The summed E-state index contributed by atoms with van der Waals surface area (Å²) in [6.07, 6.45) is 21.9. The van der Waals surface area contributed by atoms with Crippen LogP contribution < -0.4 is 56.7 Å². The van der Waals surface area contributed by atoms with Gasteiger partial charge < -0.3 is 11.8 Å². The monoisotopic (exact) mass is 381 g/mol. The van der Waals surface area contributed by atoms with Crippen molar-refractivity contribution in [1.82, 2.24) is 5.32 Å². The molecule has 146 valence electrons. The van der Waals surface area contributed by atoms with Crippen LogP contribution in [0.1, 0.15) is 118 Å². The fourth-order valence-corrected chi connectivity index (χ4v) is 3.08. The van der Waals surface area contributed by atoms with E-state index >= 15 is 0 Å². The molecule has 0 saturated heterocycles. The van der Waals surface area contributed by atoms with Crippen LogP contribution >= 0.6 is 0 Å². The van der Waals surface area contributed by atoms with Crippen molar-refractivity contribution in [2.75, 3.05) is 6.54 Å². The number of carbonyl (C=O) groups is 1. The molecule has 3 nitrogen and oxygen atoms in total. The van der Waals surface area contributed by atoms with Crippen LogP contribution in [-0.4, -0.2) is 23.7 Å². The van der Waals surface area contributed by atoms with Crippen LogP contribution in [0.5, 0.6) is 0 Å². The Kier molecular flexibility index (Phi) is 26.1. The van der Waals surface area contributed by atoms with Gasteiger partial charge >= 0.3 is 57.4 Å². The van der Waals surface area contributed by atoms with Crippen LogP contribution in [0.2, 0.25) is 0 Å². The van der Waals surface area contributed by atoms with E-state index in [1.54, 1.807) is 6.92 Å². The number of hydrogen-bond acceptors (Lipinski definition) is 2. The summed E-state index contributed by atoms with van der Waals surface area (Å²) < 4.78 is 0. The summed E-state index contributed by atoms with van der Waals surface area (Å²) in [6, 6.07) is -0.415. The molecule has 0 aliphatic carbocycles. The van der Waals surface area contributed by atoms with Gasteiger partial charge in [0.2, 0.25) is 0 Å². The SMILES string of the molecule is CCCCCCCCCCCCCCCCCCNC(C)C(=O)O.[H-].[K+]. The number of unbranched alkanes of at least 4 members (excludes halogenated alkanes) is 15. The van der Waals surface area contributed by atoms with Gasteiger partial charge in [0.05, 0.1) is 0 Å². The van der Waals surface area contributed by atoms with Crippen LogP contribution in [0.4, 0.5) is 0 Å². The molecular weight excluding hydrogens is 337 g/mol. The Morgan fingerprint density at radius 1 is 0.760 bits per heavy atom. The average molecular weight is 382 g/mol. The van der Waals surface area contributed by atoms with Gasteiger partial charge in [-0.05, 0) is 19.9 Å². The first-order valence-electron chi connectivity index (χ1n) is 10.6. The van der Waals surface area contributed by atoms with Gasteiger partial charge in [0.15, 0.2) is 0 Å². The molecule has 1 atom stereocenters. The zero-order chi connectivity index (χ0) is 17.9. The van der Waals surface area contributed by atoms with Gasteiger partial charge in [-0.3, -0.25) is 4.79 Å². The fourth-order valence-electron chi connectivity index (χ4n) is 3.08. The van der Waals surface area contributed by atoms with Gasteiger partial charge in [0.1, 0.15) is 6.04 Å². The van der Waals surface area contributed by atoms with E-state index < -0.39 is 12.0 Å². The second-order valence-electron chi connectivity index (χ2n) is 7.32. The molecule has 0 aromatic rings. The Balaban J connectivity index is -0.00000264. The average Bonchev–Trinajstić information content (AvgIpc) is 2.57. The zero-order valence-electron chi connectivity index (χ0n) is 18.5. The Bertz CT molecular complexity index is 281. The molecular formula is C21H44KNO2. The number of nitrogens with one attached hydrogen (secondary N) is 1. The van der Waals surface area contributed by atoms with Crippen LogP contribution in [0.3, 0.4) is 0 Å². The largest absolute Gasteiger partial charge is 1.00 e. The minimum Gasteiger partial charge on any atom is -1.00 e. The molecule has 0 aliphatic rings. The summed E-state index contributed by atoms with van der Waals surface area (Å²) in [6.45, 7) is 4.81. The van der Waals surface area contributed by atoms with Crippen molar-refractivity contribution in [1.29, 1.82) is 0 Å². The minimum atomic E-state index is -0.758. The fraction of sp³-hybridized carbons (Fsp3) is 0.952. The third kappa shape index (κ3) is 23.0. The molecule has 0 fully saturated rings. The molecule has 0 aliphatic heterocycles.